The fourth-order valence-corrected chi connectivity index (χ4v) is 4.01. The highest BCUT2D eigenvalue weighted by Crippen LogP contribution is 2.25. The molecule has 30 heavy (non-hydrogen) atoms. The van der Waals surface area contributed by atoms with Gasteiger partial charge in [-0.15, -0.1) is 0 Å². The zero-order valence-electron chi connectivity index (χ0n) is 17.0. The number of rotatable bonds is 5. The molecule has 0 saturated carbocycles. The van der Waals surface area contributed by atoms with Crippen LogP contribution in [0, 0.1) is 6.92 Å². The third-order valence-electron chi connectivity index (χ3n) is 5.43. The molecule has 7 heteroatoms. The van der Waals surface area contributed by atoms with Crippen LogP contribution < -0.4 is 15.5 Å². The number of nitrogens with one attached hydrogen (secondary N) is 2. The van der Waals surface area contributed by atoms with Crippen LogP contribution in [0.5, 0.6) is 5.75 Å². The Balaban J connectivity index is 1.47. The van der Waals surface area contributed by atoms with Crippen molar-refractivity contribution in [2.45, 2.75) is 26.8 Å². The van der Waals surface area contributed by atoms with Crippen molar-refractivity contribution in [2.75, 3.05) is 25.0 Å². The van der Waals surface area contributed by atoms with E-state index in [2.05, 4.69) is 10.3 Å². The number of H-pyrrole nitrogens is 1. The normalized spacial score (nSPS) is 13.8. The zero-order chi connectivity index (χ0) is 21.3. The number of aromatic nitrogens is 1. The van der Waals surface area contributed by atoms with Crippen molar-refractivity contribution < 1.29 is 9.53 Å². The summed E-state index contributed by atoms with van der Waals surface area (Å²) in [7, 11) is 0. The van der Waals surface area contributed by atoms with E-state index in [4.69, 9.17) is 16.3 Å². The number of aryl methyl sites for hydroxylation is 1. The molecule has 0 radical (unpaired) electrons. The van der Waals surface area contributed by atoms with Gasteiger partial charge in [-0.25, -0.2) is 0 Å². The molecular formula is C23H24ClN3O3. The first-order valence-corrected chi connectivity index (χ1v) is 10.4. The van der Waals surface area contributed by atoms with Gasteiger partial charge in [0.1, 0.15) is 5.75 Å². The summed E-state index contributed by atoms with van der Waals surface area (Å²) in [6, 6.07) is 10.8. The topological polar surface area (TPSA) is 74.4 Å². The van der Waals surface area contributed by atoms with Crippen molar-refractivity contribution >= 4 is 34.1 Å². The Bertz CT molecular complexity index is 1160. The summed E-state index contributed by atoms with van der Waals surface area (Å²) in [4.78, 5) is 30.9. The minimum atomic E-state index is -0.109. The highest BCUT2D eigenvalue weighted by atomic mass is 35.5. The molecule has 0 spiro atoms. The molecular weight excluding hydrogens is 402 g/mol. The van der Waals surface area contributed by atoms with E-state index >= 15 is 0 Å². The second-order valence-corrected chi connectivity index (χ2v) is 7.88. The molecule has 1 amide bonds. The Hall–Kier alpha value is -2.83. The van der Waals surface area contributed by atoms with Gasteiger partial charge in [-0.1, -0.05) is 11.6 Å². The summed E-state index contributed by atoms with van der Waals surface area (Å²) in [5, 5.41) is 4.18. The summed E-state index contributed by atoms with van der Waals surface area (Å²) < 4.78 is 5.42. The smallest absolute Gasteiger partial charge is 0.238 e. The molecule has 2 N–H and O–H groups in total. The van der Waals surface area contributed by atoms with Gasteiger partial charge in [0.15, 0.2) is 5.43 Å². The van der Waals surface area contributed by atoms with E-state index in [0.717, 1.165) is 33.8 Å². The number of pyridine rings is 1. The maximum atomic E-state index is 13.0. The molecule has 1 aliphatic rings. The third-order valence-corrected chi connectivity index (χ3v) is 5.84. The fraction of sp³-hybridized carbons (Fsp3) is 0.304. The number of benzene rings is 2. The third kappa shape index (κ3) is 4.06. The predicted molar refractivity (Wildman–Crippen MR) is 120 cm³/mol. The van der Waals surface area contributed by atoms with Gasteiger partial charge in [-0.05, 0) is 55.8 Å². The van der Waals surface area contributed by atoms with Crippen molar-refractivity contribution in [3.63, 3.8) is 0 Å². The highest BCUT2D eigenvalue weighted by Gasteiger charge is 2.23. The van der Waals surface area contributed by atoms with Gasteiger partial charge in [0, 0.05) is 46.9 Å². The number of carbonyl (C=O) groups is 1. The lowest BCUT2D eigenvalue weighted by atomic mass is 10.0. The van der Waals surface area contributed by atoms with Crippen LogP contribution >= 0.6 is 11.6 Å². The van der Waals surface area contributed by atoms with E-state index < -0.39 is 0 Å². The quantitative estimate of drug-likeness (QED) is 0.650. The molecule has 0 saturated heterocycles. The van der Waals surface area contributed by atoms with Gasteiger partial charge < -0.3 is 15.0 Å². The van der Waals surface area contributed by atoms with Crippen LogP contribution in [0.4, 0.5) is 5.69 Å². The van der Waals surface area contributed by atoms with E-state index in [0.29, 0.717) is 36.5 Å². The second-order valence-electron chi connectivity index (χ2n) is 7.47. The average molecular weight is 426 g/mol. The number of halogens is 1. The number of nitrogens with zero attached hydrogens (tertiary/aromatic N) is 1. The number of fused-ring (bicyclic) bond motifs is 2. The van der Waals surface area contributed by atoms with Crippen molar-refractivity contribution in [1.82, 2.24) is 9.88 Å². The molecule has 4 rings (SSSR count). The van der Waals surface area contributed by atoms with Crippen LogP contribution in [0.25, 0.3) is 10.9 Å². The van der Waals surface area contributed by atoms with Crippen LogP contribution in [0.3, 0.4) is 0 Å². The molecule has 0 fully saturated rings. The molecule has 0 aliphatic carbocycles. The molecule has 1 aliphatic heterocycles. The Morgan fingerprint density at radius 2 is 2.00 bits per heavy atom. The van der Waals surface area contributed by atoms with Crippen molar-refractivity contribution in [3.8, 4) is 5.75 Å². The summed E-state index contributed by atoms with van der Waals surface area (Å²) >= 11 is 6.21. The number of aromatic amines is 1. The number of hydrogen-bond donors (Lipinski definition) is 2. The summed E-state index contributed by atoms with van der Waals surface area (Å²) in [6.45, 7) is 5.81. The lowest BCUT2D eigenvalue weighted by molar-refractivity contribution is -0.117. The van der Waals surface area contributed by atoms with Gasteiger partial charge in [0.25, 0.3) is 0 Å². The van der Waals surface area contributed by atoms with Crippen LogP contribution in [0.2, 0.25) is 5.02 Å². The Labute approximate surface area is 179 Å². The number of hydrogen-bond acceptors (Lipinski definition) is 4. The first kappa shape index (κ1) is 20.4. The molecule has 2 aromatic carbocycles. The van der Waals surface area contributed by atoms with E-state index in [1.54, 1.807) is 12.1 Å². The fourth-order valence-electron chi connectivity index (χ4n) is 3.86. The molecule has 2 heterocycles. The summed E-state index contributed by atoms with van der Waals surface area (Å²) in [6.07, 6.45) is 0.683. The second kappa shape index (κ2) is 8.50. The Morgan fingerprint density at radius 3 is 2.73 bits per heavy atom. The average Bonchev–Trinajstić information content (AvgIpc) is 2.73. The van der Waals surface area contributed by atoms with Crippen molar-refractivity contribution in [1.29, 1.82) is 0 Å². The maximum Gasteiger partial charge on any atom is 0.238 e. The van der Waals surface area contributed by atoms with Gasteiger partial charge in [0.05, 0.1) is 18.7 Å². The van der Waals surface area contributed by atoms with Gasteiger partial charge in [-0.3, -0.25) is 14.5 Å². The number of anilines is 1. The van der Waals surface area contributed by atoms with Gasteiger partial charge >= 0.3 is 0 Å². The highest BCUT2D eigenvalue weighted by molar-refractivity contribution is 6.32. The Kier molecular flexibility index (Phi) is 5.79. The van der Waals surface area contributed by atoms with Crippen LogP contribution in [0.1, 0.15) is 23.7 Å². The summed E-state index contributed by atoms with van der Waals surface area (Å²) in [5.41, 5.74) is 4.07. The lowest BCUT2D eigenvalue weighted by Gasteiger charge is -2.28. The first-order valence-electron chi connectivity index (χ1n) is 10.0. The number of amides is 1. The monoisotopic (exact) mass is 425 g/mol. The molecule has 0 unspecified atom stereocenters. The van der Waals surface area contributed by atoms with Crippen LogP contribution in [0.15, 0.2) is 41.2 Å². The first-order chi connectivity index (χ1) is 14.5. The minimum Gasteiger partial charge on any atom is -0.494 e. The molecule has 1 aromatic heterocycles. The SMILES string of the molecule is CCOc1ccc(NC(=O)CN2CCc3[nH]c4c(C)c(Cl)ccc4c(=O)c3C2)cc1. The standard InChI is InChI=1S/C23H24ClN3O3/c1-3-30-16-6-4-15(5-7-16)25-21(28)13-27-11-10-20-18(12-27)23(29)17-8-9-19(24)14(2)22(17)26-20/h4-9H,3,10-13H2,1-2H3,(H,25,28)(H,26,29). The maximum absolute atomic E-state index is 13.0. The number of ether oxygens (including phenoxy) is 1. The van der Waals surface area contributed by atoms with E-state index in [-0.39, 0.29) is 17.9 Å². The predicted octanol–water partition coefficient (Wildman–Crippen LogP) is 3.89. The Morgan fingerprint density at radius 1 is 1.23 bits per heavy atom. The molecule has 0 bridgehead atoms. The zero-order valence-corrected chi connectivity index (χ0v) is 17.8. The van der Waals surface area contributed by atoms with E-state index in [1.807, 2.05) is 43.0 Å². The van der Waals surface area contributed by atoms with Crippen molar-refractivity contribution in [3.05, 3.63) is 68.5 Å². The van der Waals surface area contributed by atoms with Crippen molar-refractivity contribution in [2.24, 2.45) is 0 Å². The van der Waals surface area contributed by atoms with Gasteiger partial charge in [0.2, 0.25) is 5.91 Å². The molecule has 3 aromatic rings. The van der Waals surface area contributed by atoms with Crippen LogP contribution in [-0.2, 0) is 17.8 Å². The minimum absolute atomic E-state index is 0.00939. The molecule has 0 atom stereocenters. The number of carbonyl (C=O) groups excluding carboxylic acids is 1. The van der Waals surface area contributed by atoms with E-state index in [9.17, 15) is 9.59 Å². The molecule has 156 valence electrons. The summed E-state index contributed by atoms with van der Waals surface area (Å²) in [5.74, 6) is 0.661. The molecule has 6 nitrogen and oxygen atoms in total. The van der Waals surface area contributed by atoms with Gasteiger partial charge in [-0.2, -0.15) is 0 Å². The lowest BCUT2D eigenvalue weighted by Crippen LogP contribution is -2.39. The van der Waals surface area contributed by atoms with Crippen LogP contribution in [-0.4, -0.2) is 35.5 Å². The van der Waals surface area contributed by atoms with E-state index in [1.165, 1.54) is 0 Å². The largest absolute Gasteiger partial charge is 0.494 e.